The third kappa shape index (κ3) is 3.46. The van der Waals surface area contributed by atoms with Crippen molar-refractivity contribution in [2.24, 2.45) is 0 Å². The van der Waals surface area contributed by atoms with Crippen LogP contribution in [0.4, 0.5) is 13.2 Å². The molecule has 0 spiro atoms. The van der Waals surface area contributed by atoms with Gasteiger partial charge in [0.1, 0.15) is 6.10 Å². The van der Waals surface area contributed by atoms with E-state index in [1.54, 1.807) is 6.92 Å². The van der Waals surface area contributed by atoms with Crippen LogP contribution < -0.4 is 0 Å². The van der Waals surface area contributed by atoms with Gasteiger partial charge in [0, 0.05) is 4.47 Å². The van der Waals surface area contributed by atoms with Crippen LogP contribution in [-0.4, -0.2) is 19.3 Å². The molecule has 1 saturated heterocycles. The van der Waals surface area contributed by atoms with Gasteiger partial charge < -0.3 is 9.47 Å². The molecule has 6 heteroatoms. The van der Waals surface area contributed by atoms with Gasteiger partial charge in [-0.25, -0.2) is 0 Å². The van der Waals surface area contributed by atoms with Crippen molar-refractivity contribution in [3.8, 4) is 0 Å². The summed E-state index contributed by atoms with van der Waals surface area (Å²) in [5, 5.41) is 0. The number of benzene rings is 1. The molecule has 0 bridgehead atoms. The molecule has 0 radical (unpaired) electrons. The van der Waals surface area contributed by atoms with Crippen LogP contribution in [0.5, 0.6) is 0 Å². The lowest BCUT2D eigenvalue weighted by atomic mass is 10.1. The van der Waals surface area contributed by atoms with E-state index in [-0.39, 0.29) is 12.2 Å². The highest BCUT2D eigenvalue weighted by Crippen LogP contribution is 2.34. The van der Waals surface area contributed by atoms with Crippen molar-refractivity contribution in [3.05, 3.63) is 33.8 Å². The van der Waals surface area contributed by atoms with Crippen molar-refractivity contribution in [2.45, 2.75) is 25.3 Å². The molecule has 0 N–H and O–H groups in total. The minimum Gasteiger partial charge on any atom is -0.371 e. The first-order chi connectivity index (χ1) is 8.38. The second-order valence-electron chi connectivity index (χ2n) is 4.16. The van der Waals surface area contributed by atoms with Crippen LogP contribution in [0.1, 0.15) is 24.2 Å². The molecule has 0 aromatic heterocycles. The van der Waals surface area contributed by atoms with E-state index in [0.29, 0.717) is 23.2 Å². The molecule has 1 fully saturated rings. The number of halogens is 4. The summed E-state index contributed by atoms with van der Waals surface area (Å²) >= 11 is 3.15. The van der Waals surface area contributed by atoms with E-state index in [1.165, 1.54) is 6.07 Å². The summed E-state index contributed by atoms with van der Waals surface area (Å²) in [6.45, 7) is 2.96. The Morgan fingerprint density at radius 1 is 1.50 bits per heavy atom. The Hall–Kier alpha value is -0.590. The zero-order chi connectivity index (χ0) is 13.3. The predicted octanol–water partition coefficient (Wildman–Crippen LogP) is 3.94. The summed E-state index contributed by atoms with van der Waals surface area (Å²) in [6, 6.07) is 3.57. The van der Waals surface area contributed by atoms with Crippen molar-refractivity contribution in [1.82, 2.24) is 0 Å². The number of hydrogen-bond donors (Lipinski definition) is 0. The molecule has 0 amide bonds. The van der Waals surface area contributed by atoms with Gasteiger partial charge >= 0.3 is 6.18 Å². The summed E-state index contributed by atoms with van der Waals surface area (Å²) in [5.74, 6) is 0. The first-order valence-corrected chi connectivity index (χ1v) is 6.27. The average Bonchev–Trinajstić information content (AvgIpc) is 3.08. The molecule has 1 heterocycles. The van der Waals surface area contributed by atoms with E-state index in [1.807, 2.05) is 0 Å². The van der Waals surface area contributed by atoms with Crippen molar-refractivity contribution in [3.63, 3.8) is 0 Å². The van der Waals surface area contributed by atoms with Crippen LogP contribution in [0.2, 0.25) is 0 Å². The van der Waals surface area contributed by atoms with E-state index in [9.17, 15) is 13.2 Å². The lowest BCUT2D eigenvalue weighted by Crippen LogP contribution is -2.09. The summed E-state index contributed by atoms with van der Waals surface area (Å²) in [7, 11) is 0. The molecule has 1 aliphatic heterocycles. The SMILES string of the molecule is C[C@@H](OC[C@H]1CO1)c1ccc(C(F)(F)F)cc1Br. The second kappa shape index (κ2) is 5.19. The minimum absolute atomic E-state index is 0.140. The van der Waals surface area contributed by atoms with Gasteiger partial charge in [0.2, 0.25) is 0 Å². The summed E-state index contributed by atoms with van der Waals surface area (Å²) in [4.78, 5) is 0. The maximum Gasteiger partial charge on any atom is 0.416 e. The summed E-state index contributed by atoms with van der Waals surface area (Å²) in [5.41, 5.74) is 0.0273. The molecular formula is C12H12BrF3O2. The van der Waals surface area contributed by atoms with Crippen molar-refractivity contribution < 1.29 is 22.6 Å². The smallest absolute Gasteiger partial charge is 0.371 e. The van der Waals surface area contributed by atoms with Crippen LogP contribution in [0, 0.1) is 0 Å². The van der Waals surface area contributed by atoms with Gasteiger partial charge in [-0.2, -0.15) is 13.2 Å². The molecular weight excluding hydrogens is 313 g/mol. The van der Waals surface area contributed by atoms with Gasteiger partial charge in [-0.15, -0.1) is 0 Å². The van der Waals surface area contributed by atoms with Gasteiger partial charge in [0.15, 0.2) is 0 Å². The van der Waals surface area contributed by atoms with Crippen LogP contribution in [0.3, 0.4) is 0 Å². The fourth-order valence-corrected chi connectivity index (χ4v) is 2.24. The highest BCUT2D eigenvalue weighted by molar-refractivity contribution is 9.10. The van der Waals surface area contributed by atoms with E-state index in [2.05, 4.69) is 15.9 Å². The zero-order valence-corrected chi connectivity index (χ0v) is 11.2. The van der Waals surface area contributed by atoms with Crippen molar-refractivity contribution in [1.29, 1.82) is 0 Å². The van der Waals surface area contributed by atoms with E-state index in [4.69, 9.17) is 9.47 Å². The van der Waals surface area contributed by atoms with Crippen molar-refractivity contribution >= 4 is 15.9 Å². The Balaban J connectivity index is 2.08. The Morgan fingerprint density at radius 3 is 2.67 bits per heavy atom. The molecule has 0 unspecified atom stereocenters. The van der Waals surface area contributed by atoms with Crippen LogP contribution in [-0.2, 0) is 15.7 Å². The maximum atomic E-state index is 12.5. The van der Waals surface area contributed by atoms with Gasteiger partial charge in [-0.3, -0.25) is 0 Å². The molecule has 1 aliphatic rings. The third-order valence-corrected chi connectivity index (χ3v) is 3.39. The molecule has 2 rings (SSSR count). The highest BCUT2D eigenvalue weighted by atomic mass is 79.9. The number of epoxide rings is 1. The normalized spacial score (nSPS) is 20.8. The number of hydrogen-bond acceptors (Lipinski definition) is 2. The van der Waals surface area contributed by atoms with E-state index in [0.717, 1.165) is 12.1 Å². The maximum absolute atomic E-state index is 12.5. The third-order valence-electron chi connectivity index (χ3n) is 2.70. The van der Waals surface area contributed by atoms with Crippen LogP contribution >= 0.6 is 15.9 Å². The molecule has 100 valence electrons. The first-order valence-electron chi connectivity index (χ1n) is 5.48. The molecule has 1 aromatic carbocycles. The Bertz CT molecular complexity index is 430. The zero-order valence-electron chi connectivity index (χ0n) is 9.63. The standard InChI is InChI=1S/C12H12BrF3O2/c1-7(17-5-9-6-18-9)10-3-2-8(4-11(10)13)12(14,15)16/h2-4,7,9H,5-6H2,1H3/t7-,9+/m1/s1. The quantitative estimate of drug-likeness (QED) is 0.782. The Kier molecular flexibility index (Phi) is 3.99. The number of rotatable bonds is 4. The van der Waals surface area contributed by atoms with Gasteiger partial charge in [-0.05, 0) is 24.6 Å². The van der Waals surface area contributed by atoms with E-state index >= 15 is 0 Å². The second-order valence-corrected chi connectivity index (χ2v) is 5.02. The fraction of sp³-hybridized carbons (Fsp3) is 0.500. The lowest BCUT2D eigenvalue weighted by molar-refractivity contribution is -0.137. The Morgan fingerprint density at radius 2 is 2.17 bits per heavy atom. The predicted molar refractivity (Wildman–Crippen MR) is 63.3 cm³/mol. The molecule has 2 nitrogen and oxygen atoms in total. The summed E-state index contributed by atoms with van der Waals surface area (Å²) < 4.78 is 48.4. The highest BCUT2D eigenvalue weighted by Gasteiger charge is 2.31. The molecule has 0 saturated carbocycles. The molecule has 2 atom stereocenters. The molecule has 1 aromatic rings. The Labute approximate surface area is 111 Å². The molecule has 18 heavy (non-hydrogen) atoms. The monoisotopic (exact) mass is 324 g/mol. The van der Waals surface area contributed by atoms with Gasteiger partial charge in [0.05, 0.1) is 24.9 Å². The van der Waals surface area contributed by atoms with Gasteiger partial charge in [0.25, 0.3) is 0 Å². The average molecular weight is 325 g/mol. The topological polar surface area (TPSA) is 21.8 Å². The largest absolute Gasteiger partial charge is 0.416 e. The number of ether oxygens (including phenoxy) is 2. The lowest BCUT2D eigenvalue weighted by Gasteiger charge is -2.16. The fourth-order valence-electron chi connectivity index (χ4n) is 1.54. The first kappa shape index (κ1) is 13.8. The van der Waals surface area contributed by atoms with Crippen molar-refractivity contribution in [2.75, 3.05) is 13.2 Å². The van der Waals surface area contributed by atoms with E-state index < -0.39 is 11.7 Å². The van der Waals surface area contributed by atoms with Crippen LogP contribution in [0.25, 0.3) is 0 Å². The minimum atomic E-state index is -4.33. The van der Waals surface area contributed by atoms with Crippen LogP contribution in [0.15, 0.2) is 22.7 Å². The van der Waals surface area contributed by atoms with Gasteiger partial charge in [-0.1, -0.05) is 22.0 Å². The summed E-state index contributed by atoms with van der Waals surface area (Å²) in [6.07, 6.45) is -4.46. The molecule has 0 aliphatic carbocycles. The number of alkyl halides is 3.